The van der Waals surface area contributed by atoms with Gasteiger partial charge in [0, 0.05) is 30.7 Å². The predicted molar refractivity (Wildman–Crippen MR) is 68.5 cm³/mol. The Balaban J connectivity index is 2.10. The average molecular weight is 225 g/mol. The van der Waals surface area contributed by atoms with Crippen LogP contribution in [0.5, 0.6) is 0 Å². The van der Waals surface area contributed by atoms with Crippen LogP contribution in [0, 0.1) is 0 Å². The topological polar surface area (TPSA) is 32.5 Å². The van der Waals surface area contributed by atoms with Gasteiger partial charge in [-0.25, -0.2) is 0 Å². The zero-order valence-electron chi connectivity index (χ0n) is 11.1. The Labute approximate surface area is 100.0 Å². The second kappa shape index (κ2) is 4.63. The maximum Gasteiger partial charge on any atom is 0.0358 e. The van der Waals surface area contributed by atoms with Crippen LogP contribution in [0.4, 0.5) is 0 Å². The molecule has 2 saturated heterocycles. The van der Waals surface area contributed by atoms with Crippen molar-refractivity contribution in [3.8, 4) is 0 Å². The molecule has 0 aromatic rings. The summed E-state index contributed by atoms with van der Waals surface area (Å²) >= 11 is 0. The molecule has 2 rings (SSSR count). The zero-order valence-corrected chi connectivity index (χ0v) is 11.1. The van der Waals surface area contributed by atoms with E-state index < -0.39 is 0 Å². The van der Waals surface area contributed by atoms with E-state index in [-0.39, 0.29) is 5.54 Å². The van der Waals surface area contributed by atoms with Gasteiger partial charge in [0.15, 0.2) is 0 Å². The Morgan fingerprint density at radius 3 is 2.81 bits per heavy atom. The highest BCUT2D eigenvalue weighted by molar-refractivity contribution is 5.01. The van der Waals surface area contributed by atoms with Crippen molar-refractivity contribution in [1.29, 1.82) is 0 Å². The molecule has 2 aliphatic rings. The average Bonchev–Trinajstić information content (AvgIpc) is 2.74. The molecule has 2 unspecified atom stereocenters. The number of piperidine rings is 1. The van der Waals surface area contributed by atoms with Crippen molar-refractivity contribution < 1.29 is 0 Å². The molecule has 0 spiro atoms. The zero-order chi connectivity index (χ0) is 11.8. The molecule has 16 heavy (non-hydrogen) atoms. The summed E-state index contributed by atoms with van der Waals surface area (Å²) in [6.07, 6.45) is 5.29. The Morgan fingerprint density at radius 1 is 1.44 bits per heavy atom. The van der Waals surface area contributed by atoms with E-state index in [0.717, 1.165) is 12.6 Å². The van der Waals surface area contributed by atoms with Crippen LogP contribution in [-0.2, 0) is 0 Å². The van der Waals surface area contributed by atoms with E-state index in [4.69, 9.17) is 5.73 Å². The lowest BCUT2D eigenvalue weighted by Gasteiger charge is -2.50. The standard InChI is InChI=1S/C13H27N3/c1-11(2)15(3)13(10-14)6-8-16-7-4-5-12(16)9-13/h11-12H,4-10,14H2,1-3H3. The highest BCUT2D eigenvalue weighted by atomic mass is 15.3. The van der Waals surface area contributed by atoms with Crippen molar-refractivity contribution >= 4 is 0 Å². The van der Waals surface area contributed by atoms with Gasteiger partial charge < -0.3 is 10.6 Å². The third-order valence-electron chi connectivity index (χ3n) is 4.88. The summed E-state index contributed by atoms with van der Waals surface area (Å²) in [5.41, 5.74) is 6.36. The summed E-state index contributed by atoms with van der Waals surface area (Å²) in [7, 11) is 2.25. The molecule has 0 aromatic heterocycles. The molecular weight excluding hydrogens is 198 g/mol. The number of hydrogen-bond acceptors (Lipinski definition) is 3. The molecule has 3 nitrogen and oxygen atoms in total. The van der Waals surface area contributed by atoms with Gasteiger partial charge in [0.05, 0.1) is 0 Å². The molecule has 0 aromatic carbocycles. The molecule has 94 valence electrons. The third kappa shape index (κ3) is 2.01. The number of rotatable bonds is 3. The number of nitrogens with two attached hydrogens (primary N) is 1. The number of hydrogen-bond donors (Lipinski definition) is 1. The molecular formula is C13H27N3. The summed E-state index contributed by atoms with van der Waals surface area (Å²) in [4.78, 5) is 5.19. The van der Waals surface area contributed by atoms with Crippen LogP contribution in [0.2, 0.25) is 0 Å². The van der Waals surface area contributed by atoms with E-state index in [2.05, 4.69) is 30.7 Å². The molecule has 3 heteroatoms. The summed E-state index contributed by atoms with van der Waals surface area (Å²) in [6.45, 7) is 7.93. The number of nitrogens with zero attached hydrogens (tertiary/aromatic N) is 2. The quantitative estimate of drug-likeness (QED) is 0.785. The first-order valence-corrected chi connectivity index (χ1v) is 6.76. The fourth-order valence-electron chi connectivity index (χ4n) is 3.51. The fourth-order valence-corrected chi connectivity index (χ4v) is 3.51. The van der Waals surface area contributed by atoms with E-state index >= 15 is 0 Å². The van der Waals surface area contributed by atoms with Crippen LogP contribution in [-0.4, -0.2) is 54.1 Å². The van der Waals surface area contributed by atoms with Crippen molar-refractivity contribution in [2.75, 3.05) is 26.7 Å². The van der Waals surface area contributed by atoms with Crippen molar-refractivity contribution in [2.45, 2.75) is 57.2 Å². The van der Waals surface area contributed by atoms with Crippen molar-refractivity contribution in [1.82, 2.24) is 9.80 Å². The first-order chi connectivity index (χ1) is 7.59. The van der Waals surface area contributed by atoms with Crippen molar-refractivity contribution in [3.05, 3.63) is 0 Å². The molecule has 2 fully saturated rings. The second-order valence-corrected chi connectivity index (χ2v) is 5.92. The van der Waals surface area contributed by atoms with Crippen LogP contribution in [0.15, 0.2) is 0 Å². The molecule has 0 saturated carbocycles. The van der Waals surface area contributed by atoms with Gasteiger partial charge in [0.1, 0.15) is 0 Å². The van der Waals surface area contributed by atoms with Gasteiger partial charge in [-0.1, -0.05) is 0 Å². The van der Waals surface area contributed by atoms with Crippen molar-refractivity contribution in [2.24, 2.45) is 5.73 Å². The lowest BCUT2D eigenvalue weighted by molar-refractivity contribution is 0.00949. The lowest BCUT2D eigenvalue weighted by Crippen LogP contribution is -2.61. The summed E-state index contributed by atoms with van der Waals surface area (Å²) in [6, 6.07) is 1.40. The molecule has 2 heterocycles. The molecule has 0 radical (unpaired) electrons. The summed E-state index contributed by atoms with van der Waals surface area (Å²) < 4.78 is 0. The lowest BCUT2D eigenvalue weighted by atomic mass is 9.81. The van der Waals surface area contributed by atoms with Crippen LogP contribution in [0.1, 0.15) is 39.5 Å². The fraction of sp³-hybridized carbons (Fsp3) is 1.00. The molecule has 0 amide bonds. The predicted octanol–water partition coefficient (Wildman–Crippen LogP) is 1.28. The van der Waals surface area contributed by atoms with Crippen LogP contribution < -0.4 is 5.73 Å². The van der Waals surface area contributed by atoms with Gasteiger partial charge in [0.25, 0.3) is 0 Å². The first-order valence-electron chi connectivity index (χ1n) is 6.76. The van der Waals surface area contributed by atoms with E-state index in [9.17, 15) is 0 Å². The highest BCUT2D eigenvalue weighted by Crippen LogP contribution is 2.36. The molecule has 0 bridgehead atoms. The van der Waals surface area contributed by atoms with Crippen molar-refractivity contribution in [3.63, 3.8) is 0 Å². The van der Waals surface area contributed by atoms with Gasteiger partial charge >= 0.3 is 0 Å². The normalized spacial score (nSPS) is 36.0. The maximum atomic E-state index is 6.10. The maximum absolute atomic E-state index is 6.10. The third-order valence-corrected chi connectivity index (χ3v) is 4.88. The summed E-state index contributed by atoms with van der Waals surface area (Å²) in [5, 5.41) is 0. The molecule has 2 atom stereocenters. The molecule has 2 aliphatic heterocycles. The van der Waals surface area contributed by atoms with E-state index in [1.165, 1.54) is 38.8 Å². The Bertz CT molecular complexity index is 241. The van der Waals surface area contributed by atoms with Gasteiger partial charge in [0.2, 0.25) is 0 Å². The van der Waals surface area contributed by atoms with Crippen LogP contribution in [0.25, 0.3) is 0 Å². The number of likely N-dealkylation sites (N-methyl/N-ethyl adjacent to an activating group) is 1. The van der Waals surface area contributed by atoms with E-state index in [1.807, 2.05) is 0 Å². The molecule has 0 aliphatic carbocycles. The Morgan fingerprint density at radius 2 is 2.19 bits per heavy atom. The van der Waals surface area contributed by atoms with Crippen LogP contribution in [0.3, 0.4) is 0 Å². The van der Waals surface area contributed by atoms with Gasteiger partial charge in [-0.15, -0.1) is 0 Å². The first kappa shape index (κ1) is 12.3. The minimum Gasteiger partial charge on any atom is -0.329 e. The largest absolute Gasteiger partial charge is 0.329 e. The minimum absolute atomic E-state index is 0.264. The number of fused-ring (bicyclic) bond motifs is 1. The van der Waals surface area contributed by atoms with Gasteiger partial charge in [-0.3, -0.25) is 4.90 Å². The Kier molecular flexibility index (Phi) is 3.57. The smallest absolute Gasteiger partial charge is 0.0358 e. The minimum atomic E-state index is 0.264. The van der Waals surface area contributed by atoms with Gasteiger partial charge in [-0.05, 0) is 53.1 Å². The van der Waals surface area contributed by atoms with Crippen LogP contribution >= 0.6 is 0 Å². The van der Waals surface area contributed by atoms with Gasteiger partial charge in [-0.2, -0.15) is 0 Å². The van der Waals surface area contributed by atoms with E-state index in [0.29, 0.717) is 6.04 Å². The SMILES string of the molecule is CC(C)N(C)C1(CN)CCN2CCCC2C1. The Hall–Kier alpha value is -0.120. The highest BCUT2D eigenvalue weighted by Gasteiger charge is 2.43. The summed E-state index contributed by atoms with van der Waals surface area (Å²) in [5.74, 6) is 0. The second-order valence-electron chi connectivity index (χ2n) is 5.92. The molecule has 2 N–H and O–H groups in total. The monoisotopic (exact) mass is 225 g/mol. The van der Waals surface area contributed by atoms with E-state index in [1.54, 1.807) is 0 Å².